The highest BCUT2D eigenvalue weighted by atomic mass is 16.6. The van der Waals surface area contributed by atoms with Crippen molar-refractivity contribution in [1.82, 2.24) is 10.2 Å². The molecule has 1 aromatic carbocycles. The number of H-pyrrole nitrogens is 1. The Bertz CT molecular complexity index is 657. The summed E-state index contributed by atoms with van der Waals surface area (Å²) in [6.45, 7) is 0.370. The first-order chi connectivity index (χ1) is 9.11. The molecule has 0 unspecified atom stereocenters. The quantitative estimate of drug-likeness (QED) is 0.560. The monoisotopic (exact) mass is 258 g/mol. The molecule has 0 amide bonds. The predicted molar refractivity (Wildman–Crippen MR) is 68.1 cm³/mol. The van der Waals surface area contributed by atoms with Gasteiger partial charge in [0.05, 0.1) is 22.4 Å². The van der Waals surface area contributed by atoms with E-state index in [1.54, 1.807) is 6.20 Å². The largest absolute Gasteiger partial charge is 0.384 e. The summed E-state index contributed by atoms with van der Waals surface area (Å²) in [5, 5.41) is 28.9. The molecule has 8 nitrogen and oxygen atoms in total. The average Bonchev–Trinajstić information content (AvgIpc) is 2.81. The van der Waals surface area contributed by atoms with Crippen LogP contribution in [-0.2, 0) is 6.54 Å². The molecule has 2 aromatic rings. The second kappa shape index (κ2) is 5.05. The van der Waals surface area contributed by atoms with Gasteiger partial charge < -0.3 is 11.1 Å². The predicted octanol–water partition coefficient (Wildman–Crippen LogP) is 1.38. The topological polar surface area (TPSA) is 134 Å². The van der Waals surface area contributed by atoms with Gasteiger partial charge in [-0.25, -0.2) is 0 Å². The van der Waals surface area contributed by atoms with Crippen molar-refractivity contribution in [3.63, 3.8) is 0 Å². The maximum Gasteiger partial charge on any atom is 0.270 e. The summed E-state index contributed by atoms with van der Waals surface area (Å²) in [5.41, 5.74) is 6.97. The van der Waals surface area contributed by atoms with Crippen LogP contribution in [0, 0.1) is 21.4 Å². The first kappa shape index (κ1) is 12.4. The number of nitriles is 1. The number of nitro benzene ring substituents is 1. The third kappa shape index (κ3) is 2.61. The molecule has 0 atom stereocenters. The highest BCUT2D eigenvalue weighted by molar-refractivity contribution is 5.61. The van der Waals surface area contributed by atoms with Crippen LogP contribution in [0.5, 0.6) is 0 Å². The van der Waals surface area contributed by atoms with E-state index in [-0.39, 0.29) is 11.3 Å². The van der Waals surface area contributed by atoms with E-state index >= 15 is 0 Å². The molecular formula is C11H10N6O2. The summed E-state index contributed by atoms with van der Waals surface area (Å²) in [4.78, 5) is 10.1. The number of nitro groups is 1. The minimum Gasteiger partial charge on any atom is -0.384 e. The first-order valence-electron chi connectivity index (χ1n) is 5.32. The molecule has 2 rings (SSSR count). The second-order valence-electron chi connectivity index (χ2n) is 3.76. The highest BCUT2D eigenvalue weighted by Crippen LogP contribution is 2.22. The maximum atomic E-state index is 10.6. The van der Waals surface area contributed by atoms with Crippen LogP contribution in [0.2, 0.25) is 0 Å². The molecule has 1 heterocycles. The van der Waals surface area contributed by atoms with Crippen LogP contribution in [0.4, 0.5) is 17.2 Å². The number of nitrogens with zero attached hydrogens (tertiary/aromatic N) is 3. The van der Waals surface area contributed by atoms with Crippen molar-refractivity contribution in [2.24, 2.45) is 0 Å². The van der Waals surface area contributed by atoms with Crippen molar-refractivity contribution in [1.29, 1.82) is 5.26 Å². The van der Waals surface area contributed by atoms with Crippen LogP contribution in [0.3, 0.4) is 0 Å². The molecule has 8 heteroatoms. The molecule has 1 aromatic heterocycles. The molecule has 0 aliphatic rings. The fourth-order valence-electron chi connectivity index (χ4n) is 1.54. The van der Waals surface area contributed by atoms with Crippen LogP contribution < -0.4 is 11.1 Å². The van der Waals surface area contributed by atoms with Gasteiger partial charge >= 0.3 is 0 Å². The number of rotatable bonds is 4. The van der Waals surface area contributed by atoms with Gasteiger partial charge in [-0.15, -0.1) is 0 Å². The standard InChI is InChI=1S/C11H10N6O2/c12-4-7-3-9(17(18)19)1-2-10(7)14-5-8-6-15-16-11(8)13/h1-3,6,14H,5H2,(H3,13,15,16). The fraction of sp³-hybridized carbons (Fsp3) is 0.0909. The van der Waals surface area contributed by atoms with Crippen LogP contribution in [-0.4, -0.2) is 15.1 Å². The van der Waals surface area contributed by atoms with E-state index in [0.29, 0.717) is 18.1 Å². The number of nitrogens with one attached hydrogen (secondary N) is 2. The summed E-state index contributed by atoms with van der Waals surface area (Å²) in [6.07, 6.45) is 1.57. The van der Waals surface area contributed by atoms with E-state index in [9.17, 15) is 10.1 Å². The lowest BCUT2D eigenvalue weighted by molar-refractivity contribution is -0.384. The van der Waals surface area contributed by atoms with Crippen LogP contribution >= 0.6 is 0 Å². The second-order valence-corrected chi connectivity index (χ2v) is 3.76. The molecule has 0 saturated heterocycles. The Morgan fingerprint density at radius 2 is 2.37 bits per heavy atom. The molecule has 0 aliphatic heterocycles. The molecule has 4 N–H and O–H groups in total. The van der Waals surface area contributed by atoms with Gasteiger partial charge in [0.15, 0.2) is 0 Å². The normalized spacial score (nSPS) is 9.84. The third-order valence-corrected chi connectivity index (χ3v) is 2.56. The number of nitrogen functional groups attached to an aromatic ring is 1. The van der Waals surface area contributed by atoms with E-state index in [4.69, 9.17) is 11.0 Å². The average molecular weight is 258 g/mol. The van der Waals surface area contributed by atoms with Gasteiger partial charge in [0.25, 0.3) is 5.69 Å². The van der Waals surface area contributed by atoms with Gasteiger partial charge in [-0.1, -0.05) is 0 Å². The van der Waals surface area contributed by atoms with Crippen molar-refractivity contribution in [2.75, 3.05) is 11.1 Å². The lowest BCUT2D eigenvalue weighted by Gasteiger charge is -2.07. The summed E-state index contributed by atoms with van der Waals surface area (Å²) in [7, 11) is 0. The Morgan fingerprint density at radius 3 is 2.95 bits per heavy atom. The van der Waals surface area contributed by atoms with Gasteiger partial charge in [0.2, 0.25) is 0 Å². The minimum absolute atomic E-state index is 0.120. The number of hydrogen-bond donors (Lipinski definition) is 3. The number of nitrogens with two attached hydrogens (primary N) is 1. The van der Waals surface area contributed by atoms with Crippen LogP contribution in [0.25, 0.3) is 0 Å². The van der Waals surface area contributed by atoms with Crippen molar-refractivity contribution in [2.45, 2.75) is 6.54 Å². The van der Waals surface area contributed by atoms with Crippen LogP contribution in [0.1, 0.15) is 11.1 Å². The van der Waals surface area contributed by atoms with E-state index in [1.807, 2.05) is 6.07 Å². The van der Waals surface area contributed by atoms with Gasteiger partial charge in [-0.05, 0) is 6.07 Å². The first-order valence-corrected chi connectivity index (χ1v) is 5.32. The molecule has 0 radical (unpaired) electrons. The Hall–Kier alpha value is -3.08. The zero-order valence-corrected chi connectivity index (χ0v) is 9.75. The third-order valence-electron chi connectivity index (χ3n) is 2.56. The van der Waals surface area contributed by atoms with Gasteiger partial charge in [0.1, 0.15) is 11.9 Å². The van der Waals surface area contributed by atoms with Gasteiger partial charge in [-0.2, -0.15) is 10.4 Å². The molecule has 0 bridgehead atoms. The number of hydrogen-bond acceptors (Lipinski definition) is 6. The summed E-state index contributed by atoms with van der Waals surface area (Å²) in [6, 6.07) is 5.97. The van der Waals surface area contributed by atoms with Crippen molar-refractivity contribution >= 4 is 17.2 Å². The minimum atomic E-state index is -0.543. The Labute approximate surface area is 108 Å². The lowest BCUT2D eigenvalue weighted by atomic mass is 10.1. The molecular weight excluding hydrogens is 248 g/mol. The number of aromatic nitrogens is 2. The molecule has 0 aliphatic carbocycles. The number of aromatic amines is 1. The molecule has 0 saturated carbocycles. The zero-order valence-electron chi connectivity index (χ0n) is 9.75. The summed E-state index contributed by atoms with van der Waals surface area (Å²) < 4.78 is 0. The Kier molecular flexibility index (Phi) is 3.29. The SMILES string of the molecule is N#Cc1cc([N+](=O)[O-])ccc1NCc1cn[nH]c1N. The highest BCUT2D eigenvalue weighted by Gasteiger charge is 2.11. The molecule has 0 spiro atoms. The lowest BCUT2D eigenvalue weighted by Crippen LogP contribution is -2.03. The number of anilines is 2. The number of benzene rings is 1. The van der Waals surface area contributed by atoms with Crippen molar-refractivity contribution < 1.29 is 4.92 Å². The van der Waals surface area contributed by atoms with Gasteiger partial charge in [-0.3, -0.25) is 15.2 Å². The van der Waals surface area contributed by atoms with E-state index < -0.39 is 4.92 Å². The summed E-state index contributed by atoms with van der Waals surface area (Å²) in [5.74, 6) is 0.438. The molecule has 19 heavy (non-hydrogen) atoms. The van der Waals surface area contributed by atoms with Crippen LogP contribution in [0.15, 0.2) is 24.4 Å². The smallest absolute Gasteiger partial charge is 0.270 e. The molecule has 96 valence electrons. The van der Waals surface area contributed by atoms with E-state index in [0.717, 1.165) is 5.56 Å². The van der Waals surface area contributed by atoms with Crippen molar-refractivity contribution in [3.05, 3.63) is 45.6 Å². The Morgan fingerprint density at radius 1 is 1.58 bits per heavy atom. The Balaban J connectivity index is 2.19. The summed E-state index contributed by atoms with van der Waals surface area (Å²) >= 11 is 0. The fourth-order valence-corrected chi connectivity index (χ4v) is 1.54. The maximum absolute atomic E-state index is 10.6. The van der Waals surface area contributed by atoms with E-state index in [2.05, 4.69) is 15.5 Å². The number of non-ortho nitro benzene ring substituents is 1. The van der Waals surface area contributed by atoms with Crippen molar-refractivity contribution in [3.8, 4) is 6.07 Å². The zero-order chi connectivity index (χ0) is 13.8. The van der Waals surface area contributed by atoms with Gasteiger partial charge in [0, 0.05) is 24.2 Å². The van der Waals surface area contributed by atoms with E-state index in [1.165, 1.54) is 18.2 Å². The molecule has 0 fully saturated rings.